The summed E-state index contributed by atoms with van der Waals surface area (Å²) < 4.78 is 0. The van der Waals surface area contributed by atoms with Crippen LogP contribution in [-0.4, -0.2) is 10.2 Å². The number of nitrogens with one attached hydrogen (secondary N) is 1. The standard InChI is InChI=1S/C18H18Cl2N2/c1-3-14(5-4-13(2)18-10-11-21-22-18)6-7-15-8-9-16(19)17(20)12-15/h3-5,8-12H,1,6-7H2,2H3,(H,21,22)/b13-4+,14-5+. The second kappa shape index (κ2) is 8.02. The Balaban J connectivity index is 2.02. The van der Waals surface area contributed by atoms with Crippen molar-refractivity contribution in [3.63, 3.8) is 0 Å². The molecule has 114 valence electrons. The Morgan fingerprint density at radius 1 is 1.23 bits per heavy atom. The van der Waals surface area contributed by atoms with E-state index in [1.54, 1.807) is 6.20 Å². The van der Waals surface area contributed by atoms with Crippen molar-refractivity contribution in [1.29, 1.82) is 0 Å². The molecule has 1 N–H and O–H groups in total. The fourth-order valence-electron chi connectivity index (χ4n) is 2.03. The summed E-state index contributed by atoms with van der Waals surface area (Å²) in [5, 5.41) is 8.08. The summed E-state index contributed by atoms with van der Waals surface area (Å²) in [6.07, 6.45) is 9.57. The van der Waals surface area contributed by atoms with E-state index in [0.717, 1.165) is 29.7 Å². The van der Waals surface area contributed by atoms with E-state index in [9.17, 15) is 0 Å². The first-order valence-electron chi connectivity index (χ1n) is 7.03. The van der Waals surface area contributed by atoms with Gasteiger partial charge in [-0.2, -0.15) is 5.10 Å². The minimum absolute atomic E-state index is 0.586. The van der Waals surface area contributed by atoms with Gasteiger partial charge in [-0.25, -0.2) is 0 Å². The normalized spacial score (nSPS) is 12.5. The van der Waals surface area contributed by atoms with Crippen LogP contribution in [0.1, 0.15) is 24.6 Å². The number of H-pyrrole nitrogens is 1. The molecular formula is C18H18Cl2N2. The minimum Gasteiger partial charge on any atom is -0.278 e. The van der Waals surface area contributed by atoms with Crippen LogP contribution in [0.4, 0.5) is 0 Å². The molecule has 4 heteroatoms. The third-order valence-corrected chi connectivity index (χ3v) is 4.16. The average Bonchev–Trinajstić information content (AvgIpc) is 3.05. The van der Waals surface area contributed by atoms with E-state index >= 15 is 0 Å². The highest BCUT2D eigenvalue weighted by atomic mass is 35.5. The SMILES string of the molecule is C=C/C(=C\C=C(/C)c1ccn[nH]1)CCc1ccc(Cl)c(Cl)c1. The fraction of sp³-hybridized carbons (Fsp3) is 0.167. The largest absolute Gasteiger partial charge is 0.278 e. The van der Waals surface area contributed by atoms with Crippen molar-refractivity contribution in [2.75, 3.05) is 0 Å². The predicted molar refractivity (Wildman–Crippen MR) is 95.3 cm³/mol. The van der Waals surface area contributed by atoms with Crippen molar-refractivity contribution in [3.05, 3.63) is 82.1 Å². The van der Waals surface area contributed by atoms with Crippen LogP contribution in [0.5, 0.6) is 0 Å². The molecule has 22 heavy (non-hydrogen) atoms. The number of nitrogens with zero attached hydrogens (tertiary/aromatic N) is 1. The number of halogens is 2. The zero-order valence-corrected chi connectivity index (χ0v) is 14.0. The van der Waals surface area contributed by atoms with Gasteiger partial charge in [0.25, 0.3) is 0 Å². The van der Waals surface area contributed by atoms with E-state index in [2.05, 4.69) is 28.9 Å². The Hall–Kier alpha value is -1.77. The average molecular weight is 333 g/mol. The summed E-state index contributed by atoms with van der Waals surface area (Å²) in [5.41, 5.74) is 4.48. The highest BCUT2D eigenvalue weighted by molar-refractivity contribution is 6.42. The second-order valence-corrected chi connectivity index (χ2v) is 5.83. The first-order chi connectivity index (χ1) is 10.6. The van der Waals surface area contributed by atoms with E-state index in [1.807, 2.05) is 37.3 Å². The summed E-state index contributed by atoms with van der Waals surface area (Å²) in [4.78, 5) is 0. The van der Waals surface area contributed by atoms with Gasteiger partial charge in [-0.1, -0.05) is 54.1 Å². The van der Waals surface area contributed by atoms with Crippen molar-refractivity contribution in [2.24, 2.45) is 0 Å². The Morgan fingerprint density at radius 3 is 2.68 bits per heavy atom. The van der Waals surface area contributed by atoms with Crippen LogP contribution in [0.2, 0.25) is 10.0 Å². The molecule has 0 saturated carbocycles. The molecule has 1 heterocycles. The van der Waals surface area contributed by atoms with Crippen molar-refractivity contribution < 1.29 is 0 Å². The molecule has 2 aromatic rings. The zero-order chi connectivity index (χ0) is 15.9. The number of rotatable bonds is 6. The lowest BCUT2D eigenvalue weighted by molar-refractivity contribution is 0.966. The first kappa shape index (κ1) is 16.6. The summed E-state index contributed by atoms with van der Waals surface area (Å²) in [5.74, 6) is 0. The molecule has 0 atom stereocenters. The minimum atomic E-state index is 0.586. The first-order valence-corrected chi connectivity index (χ1v) is 7.79. The lowest BCUT2D eigenvalue weighted by atomic mass is 10.0. The van der Waals surface area contributed by atoms with Gasteiger partial charge >= 0.3 is 0 Å². The molecule has 2 nitrogen and oxygen atoms in total. The van der Waals surface area contributed by atoms with Gasteiger partial charge in [0.15, 0.2) is 0 Å². The molecule has 0 unspecified atom stereocenters. The van der Waals surface area contributed by atoms with Gasteiger partial charge in [-0.15, -0.1) is 0 Å². The highest BCUT2D eigenvalue weighted by Crippen LogP contribution is 2.24. The smallest absolute Gasteiger partial charge is 0.0606 e. The number of aryl methyl sites for hydroxylation is 1. The molecule has 0 saturated heterocycles. The number of aromatic nitrogens is 2. The van der Waals surface area contributed by atoms with Crippen molar-refractivity contribution in [2.45, 2.75) is 19.8 Å². The quantitative estimate of drug-likeness (QED) is 0.659. The number of benzene rings is 1. The van der Waals surface area contributed by atoms with Crippen molar-refractivity contribution in [3.8, 4) is 0 Å². The fourth-order valence-corrected chi connectivity index (χ4v) is 2.36. The van der Waals surface area contributed by atoms with Crippen LogP contribution < -0.4 is 0 Å². The van der Waals surface area contributed by atoms with Gasteiger partial charge in [0, 0.05) is 6.20 Å². The molecule has 2 rings (SSSR count). The molecule has 0 fully saturated rings. The van der Waals surface area contributed by atoms with Crippen LogP contribution in [0.3, 0.4) is 0 Å². The van der Waals surface area contributed by atoms with Crippen LogP contribution in [0.25, 0.3) is 5.57 Å². The molecule has 0 aliphatic heterocycles. The summed E-state index contributed by atoms with van der Waals surface area (Å²) >= 11 is 12.0. The third kappa shape index (κ3) is 4.62. The maximum atomic E-state index is 6.04. The second-order valence-electron chi connectivity index (χ2n) is 5.01. The van der Waals surface area contributed by atoms with Crippen LogP contribution in [0, 0.1) is 0 Å². The number of hydrogen-bond donors (Lipinski definition) is 1. The zero-order valence-electron chi connectivity index (χ0n) is 12.4. The number of hydrogen-bond acceptors (Lipinski definition) is 1. The highest BCUT2D eigenvalue weighted by Gasteiger charge is 2.01. The van der Waals surface area contributed by atoms with Gasteiger partial charge in [0.1, 0.15) is 0 Å². The van der Waals surface area contributed by atoms with Gasteiger partial charge in [0.05, 0.1) is 15.7 Å². The molecule has 1 aromatic heterocycles. The molecular weight excluding hydrogens is 315 g/mol. The summed E-state index contributed by atoms with van der Waals surface area (Å²) in [6, 6.07) is 7.69. The Bertz CT molecular complexity index is 698. The Kier molecular flexibility index (Phi) is 6.05. The predicted octanol–water partition coefficient (Wildman–Crippen LogP) is 5.87. The lowest BCUT2D eigenvalue weighted by Gasteiger charge is -2.04. The van der Waals surface area contributed by atoms with E-state index in [-0.39, 0.29) is 0 Å². The maximum Gasteiger partial charge on any atom is 0.0606 e. The topological polar surface area (TPSA) is 28.7 Å². The molecule has 0 amide bonds. The monoisotopic (exact) mass is 332 g/mol. The van der Waals surface area contributed by atoms with E-state index in [1.165, 1.54) is 5.57 Å². The van der Waals surface area contributed by atoms with Crippen molar-refractivity contribution >= 4 is 28.8 Å². The van der Waals surface area contributed by atoms with Crippen LogP contribution in [-0.2, 0) is 6.42 Å². The van der Waals surface area contributed by atoms with Crippen LogP contribution in [0.15, 0.2) is 60.8 Å². The number of aromatic amines is 1. The lowest BCUT2D eigenvalue weighted by Crippen LogP contribution is -1.88. The van der Waals surface area contributed by atoms with Gasteiger partial charge in [0.2, 0.25) is 0 Å². The van der Waals surface area contributed by atoms with Gasteiger partial charge < -0.3 is 0 Å². The Labute approximate surface area is 141 Å². The summed E-state index contributed by atoms with van der Waals surface area (Å²) in [7, 11) is 0. The molecule has 1 aromatic carbocycles. The maximum absolute atomic E-state index is 6.04. The Morgan fingerprint density at radius 2 is 2.05 bits per heavy atom. The number of allylic oxidation sites excluding steroid dienone is 5. The van der Waals surface area contributed by atoms with Crippen molar-refractivity contribution in [1.82, 2.24) is 10.2 Å². The van der Waals surface area contributed by atoms with Gasteiger partial charge in [-0.05, 0) is 54.7 Å². The molecule has 0 radical (unpaired) electrons. The van der Waals surface area contributed by atoms with E-state index in [0.29, 0.717) is 10.0 Å². The van der Waals surface area contributed by atoms with Gasteiger partial charge in [-0.3, -0.25) is 5.10 Å². The van der Waals surface area contributed by atoms with Crippen LogP contribution >= 0.6 is 23.2 Å². The third-order valence-electron chi connectivity index (χ3n) is 3.42. The molecule has 0 bridgehead atoms. The molecule has 0 spiro atoms. The van der Waals surface area contributed by atoms with E-state index < -0.39 is 0 Å². The summed E-state index contributed by atoms with van der Waals surface area (Å²) in [6.45, 7) is 5.93. The molecule has 0 aliphatic rings. The molecule has 0 aliphatic carbocycles. The van der Waals surface area contributed by atoms with E-state index in [4.69, 9.17) is 23.2 Å².